The molecule has 1 atom stereocenters. The maximum atomic E-state index is 12.4. The normalized spacial score (nSPS) is 16.9. The number of hydrogen-bond donors (Lipinski definition) is 2. The number of benzene rings is 1. The van der Waals surface area contributed by atoms with Crippen LogP contribution in [0.15, 0.2) is 24.3 Å². The van der Waals surface area contributed by atoms with E-state index in [4.69, 9.17) is 5.11 Å². The summed E-state index contributed by atoms with van der Waals surface area (Å²) in [5.74, 6) is -0.969. The van der Waals surface area contributed by atoms with Gasteiger partial charge in [-0.25, -0.2) is 4.79 Å². The van der Waals surface area contributed by atoms with Gasteiger partial charge in [-0.1, -0.05) is 32.0 Å². The van der Waals surface area contributed by atoms with Gasteiger partial charge in [-0.15, -0.1) is 0 Å². The first-order chi connectivity index (χ1) is 10.1. The highest BCUT2D eigenvalue weighted by molar-refractivity contribution is 5.95. The van der Waals surface area contributed by atoms with Crippen molar-refractivity contribution in [3.63, 3.8) is 0 Å². The maximum absolute atomic E-state index is 12.4. The fraction of sp³-hybridized carbons (Fsp3) is 0.500. The van der Waals surface area contributed by atoms with Crippen molar-refractivity contribution < 1.29 is 14.7 Å². The zero-order valence-electron chi connectivity index (χ0n) is 12.5. The summed E-state index contributed by atoms with van der Waals surface area (Å²) in [4.78, 5) is 25.1. The van der Waals surface area contributed by atoms with Crippen LogP contribution in [0, 0.1) is 0 Å². The van der Waals surface area contributed by atoms with E-state index in [1.54, 1.807) is 4.90 Å². The minimum atomic E-state index is -0.836. The highest BCUT2D eigenvalue weighted by Gasteiger charge is 2.33. The number of hydrogen-bond acceptors (Lipinski definition) is 2. The average molecular weight is 290 g/mol. The van der Waals surface area contributed by atoms with Crippen molar-refractivity contribution in [2.24, 2.45) is 0 Å². The highest BCUT2D eigenvalue weighted by Crippen LogP contribution is 2.37. The molecule has 1 aromatic rings. The molecule has 0 saturated carbocycles. The van der Waals surface area contributed by atoms with Crippen LogP contribution in [0.25, 0.3) is 0 Å². The van der Waals surface area contributed by atoms with Gasteiger partial charge in [0.1, 0.15) is 0 Å². The molecule has 0 aliphatic carbocycles. The number of nitrogens with one attached hydrogen (secondary N) is 1. The number of carbonyl (C=O) groups is 2. The molecule has 5 heteroatoms. The predicted molar refractivity (Wildman–Crippen MR) is 81.7 cm³/mol. The second-order valence-corrected chi connectivity index (χ2v) is 5.43. The minimum Gasteiger partial charge on any atom is -0.481 e. The molecule has 1 aliphatic rings. The predicted octanol–water partition coefficient (Wildman–Crippen LogP) is 2.96. The number of aliphatic carboxylic acids is 1. The van der Waals surface area contributed by atoms with Gasteiger partial charge in [-0.3, -0.25) is 9.69 Å². The number of para-hydroxylation sites is 1. The molecule has 0 radical (unpaired) electrons. The lowest BCUT2D eigenvalue weighted by Crippen LogP contribution is -2.44. The zero-order valence-corrected chi connectivity index (χ0v) is 12.5. The Hall–Kier alpha value is -2.04. The molecule has 5 nitrogen and oxygen atoms in total. The number of carboxylic acid groups (broad SMARTS) is 1. The lowest BCUT2D eigenvalue weighted by molar-refractivity contribution is -0.137. The van der Waals surface area contributed by atoms with E-state index < -0.39 is 5.97 Å². The molecule has 0 aromatic heterocycles. The van der Waals surface area contributed by atoms with Gasteiger partial charge in [-0.05, 0) is 24.5 Å². The van der Waals surface area contributed by atoms with E-state index in [0.29, 0.717) is 6.54 Å². The molecule has 2 N–H and O–H groups in total. The van der Waals surface area contributed by atoms with Crippen LogP contribution in [0.2, 0.25) is 0 Å². The van der Waals surface area contributed by atoms with Crippen molar-refractivity contribution in [3.8, 4) is 0 Å². The molecular formula is C16H22N2O3. The van der Waals surface area contributed by atoms with Crippen LogP contribution < -0.4 is 10.2 Å². The van der Waals surface area contributed by atoms with E-state index in [0.717, 1.165) is 24.1 Å². The van der Waals surface area contributed by atoms with E-state index in [1.807, 2.05) is 38.1 Å². The zero-order chi connectivity index (χ0) is 15.4. The molecule has 0 spiro atoms. The molecule has 1 aliphatic heterocycles. The van der Waals surface area contributed by atoms with E-state index in [9.17, 15) is 9.59 Å². The SMILES string of the molecule is CCC(CC)NC(=O)N1CC(CC(=O)O)c2ccccc21. The molecule has 1 aromatic carbocycles. The van der Waals surface area contributed by atoms with Crippen LogP contribution in [-0.4, -0.2) is 29.7 Å². The van der Waals surface area contributed by atoms with Gasteiger partial charge in [0.15, 0.2) is 0 Å². The van der Waals surface area contributed by atoms with E-state index in [2.05, 4.69) is 5.32 Å². The Morgan fingerprint density at radius 1 is 1.33 bits per heavy atom. The summed E-state index contributed by atoms with van der Waals surface area (Å²) in [5, 5.41) is 12.0. The van der Waals surface area contributed by atoms with Crippen molar-refractivity contribution >= 4 is 17.7 Å². The third-order valence-electron chi connectivity index (χ3n) is 4.05. The van der Waals surface area contributed by atoms with Crippen LogP contribution in [-0.2, 0) is 4.79 Å². The smallest absolute Gasteiger partial charge is 0.322 e. The summed E-state index contributed by atoms with van der Waals surface area (Å²) in [7, 11) is 0. The molecule has 114 valence electrons. The Kier molecular flexibility index (Phi) is 4.83. The summed E-state index contributed by atoms with van der Waals surface area (Å²) >= 11 is 0. The number of amides is 2. The quantitative estimate of drug-likeness (QED) is 0.876. The number of urea groups is 1. The van der Waals surface area contributed by atoms with E-state index in [-0.39, 0.29) is 24.4 Å². The monoisotopic (exact) mass is 290 g/mol. The molecule has 0 saturated heterocycles. The summed E-state index contributed by atoms with van der Waals surface area (Å²) in [6.07, 6.45) is 1.82. The summed E-state index contributed by atoms with van der Waals surface area (Å²) in [6.45, 7) is 4.51. The number of anilines is 1. The second kappa shape index (κ2) is 6.61. The van der Waals surface area contributed by atoms with Crippen LogP contribution >= 0.6 is 0 Å². The highest BCUT2D eigenvalue weighted by atomic mass is 16.4. The number of rotatable bonds is 5. The van der Waals surface area contributed by atoms with Crippen molar-refractivity contribution in [2.45, 2.75) is 45.1 Å². The second-order valence-electron chi connectivity index (χ2n) is 5.43. The third kappa shape index (κ3) is 3.35. The molecular weight excluding hydrogens is 268 g/mol. The Bertz CT molecular complexity index is 526. The van der Waals surface area contributed by atoms with Gasteiger partial charge in [0.2, 0.25) is 0 Å². The molecule has 2 rings (SSSR count). The number of fused-ring (bicyclic) bond motifs is 1. The molecule has 0 fully saturated rings. The first kappa shape index (κ1) is 15.4. The maximum Gasteiger partial charge on any atom is 0.322 e. The minimum absolute atomic E-state index is 0.0474. The van der Waals surface area contributed by atoms with E-state index >= 15 is 0 Å². The van der Waals surface area contributed by atoms with Gasteiger partial charge in [0, 0.05) is 24.2 Å². The van der Waals surface area contributed by atoms with Gasteiger partial charge in [0.25, 0.3) is 0 Å². The van der Waals surface area contributed by atoms with Gasteiger partial charge < -0.3 is 10.4 Å². The lowest BCUT2D eigenvalue weighted by atomic mass is 9.98. The largest absolute Gasteiger partial charge is 0.481 e. The Morgan fingerprint density at radius 3 is 2.62 bits per heavy atom. The summed E-state index contributed by atoms with van der Waals surface area (Å²) < 4.78 is 0. The summed E-state index contributed by atoms with van der Waals surface area (Å²) in [5.41, 5.74) is 1.77. The first-order valence-electron chi connectivity index (χ1n) is 7.45. The molecule has 1 heterocycles. The Balaban J connectivity index is 2.18. The number of carbonyl (C=O) groups excluding carboxylic acids is 1. The molecule has 1 unspecified atom stereocenters. The fourth-order valence-electron chi connectivity index (χ4n) is 2.82. The van der Waals surface area contributed by atoms with Gasteiger partial charge in [-0.2, -0.15) is 0 Å². The van der Waals surface area contributed by atoms with Gasteiger partial charge in [0.05, 0.1) is 6.42 Å². The Labute approximate surface area is 125 Å². The van der Waals surface area contributed by atoms with Gasteiger partial charge >= 0.3 is 12.0 Å². The van der Waals surface area contributed by atoms with E-state index in [1.165, 1.54) is 0 Å². The molecule has 0 bridgehead atoms. The topological polar surface area (TPSA) is 69.6 Å². The third-order valence-corrected chi connectivity index (χ3v) is 4.05. The number of nitrogens with zero attached hydrogens (tertiary/aromatic N) is 1. The Morgan fingerprint density at radius 2 is 2.00 bits per heavy atom. The fourth-order valence-corrected chi connectivity index (χ4v) is 2.82. The molecule has 2 amide bonds. The standard InChI is InChI=1S/C16H22N2O3/c1-3-12(4-2)17-16(21)18-10-11(9-15(19)20)13-7-5-6-8-14(13)18/h5-8,11-12H,3-4,9-10H2,1-2H3,(H,17,21)(H,19,20). The first-order valence-corrected chi connectivity index (χ1v) is 7.45. The van der Waals surface area contributed by atoms with Crippen molar-refractivity contribution in [1.82, 2.24) is 5.32 Å². The van der Waals surface area contributed by atoms with Crippen molar-refractivity contribution in [3.05, 3.63) is 29.8 Å². The van der Waals surface area contributed by atoms with Crippen LogP contribution in [0.3, 0.4) is 0 Å². The lowest BCUT2D eigenvalue weighted by Gasteiger charge is -2.22. The van der Waals surface area contributed by atoms with Crippen molar-refractivity contribution in [1.29, 1.82) is 0 Å². The van der Waals surface area contributed by atoms with Crippen LogP contribution in [0.5, 0.6) is 0 Å². The van der Waals surface area contributed by atoms with Crippen molar-refractivity contribution in [2.75, 3.05) is 11.4 Å². The molecule has 21 heavy (non-hydrogen) atoms. The summed E-state index contributed by atoms with van der Waals surface area (Å²) in [6, 6.07) is 7.57. The average Bonchev–Trinajstić information content (AvgIpc) is 2.83. The van der Waals surface area contributed by atoms with Crippen LogP contribution in [0.4, 0.5) is 10.5 Å². The van der Waals surface area contributed by atoms with Crippen LogP contribution in [0.1, 0.15) is 44.6 Å². The number of carboxylic acids is 1.